The fourth-order valence-corrected chi connectivity index (χ4v) is 6.31. The third-order valence-electron chi connectivity index (χ3n) is 4.92. The van der Waals surface area contributed by atoms with E-state index in [1.807, 2.05) is 30.3 Å². The van der Waals surface area contributed by atoms with Crippen molar-refractivity contribution in [3.63, 3.8) is 0 Å². The zero-order valence-corrected chi connectivity index (χ0v) is 16.1. The molecule has 0 saturated carbocycles. The van der Waals surface area contributed by atoms with E-state index in [9.17, 15) is 17.6 Å². The minimum atomic E-state index is -3.54. The van der Waals surface area contributed by atoms with Crippen LogP contribution >= 0.6 is 11.3 Å². The van der Waals surface area contributed by atoms with Gasteiger partial charge in [-0.3, -0.25) is 4.79 Å². The van der Waals surface area contributed by atoms with Gasteiger partial charge in [0, 0.05) is 23.4 Å². The lowest BCUT2D eigenvalue weighted by Gasteiger charge is -2.19. The maximum Gasteiger partial charge on any atom is 0.263 e. The van der Waals surface area contributed by atoms with Gasteiger partial charge in [-0.2, -0.15) is 0 Å². The minimum Gasteiger partial charge on any atom is -0.337 e. The van der Waals surface area contributed by atoms with Crippen molar-refractivity contribution in [3.05, 3.63) is 70.9 Å². The van der Waals surface area contributed by atoms with Gasteiger partial charge >= 0.3 is 0 Å². The number of fused-ring (bicyclic) bond motifs is 1. The molecule has 7 heteroatoms. The van der Waals surface area contributed by atoms with E-state index < -0.39 is 20.9 Å². The number of thiophene rings is 1. The molecule has 1 amide bonds. The topological polar surface area (TPSA) is 54.5 Å². The van der Waals surface area contributed by atoms with Crippen LogP contribution in [0.15, 0.2) is 54.6 Å². The van der Waals surface area contributed by atoms with Crippen LogP contribution in [0.3, 0.4) is 0 Å². The van der Waals surface area contributed by atoms with E-state index in [1.54, 1.807) is 17.0 Å². The van der Waals surface area contributed by atoms with E-state index in [4.69, 9.17) is 0 Å². The first kappa shape index (κ1) is 18.1. The molecule has 0 bridgehead atoms. The Morgan fingerprint density at radius 2 is 1.81 bits per heavy atom. The highest BCUT2D eigenvalue weighted by Gasteiger charge is 2.34. The lowest BCUT2D eigenvalue weighted by Crippen LogP contribution is -2.33. The fourth-order valence-electron chi connectivity index (χ4n) is 3.48. The summed E-state index contributed by atoms with van der Waals surface area (Å²) < 4.78 is 40.6. The Bertz CT molecular complexity index is 1070. The molecule has 0 radical (unpaired) electrons. The molecule has 0 aliphatic carbocycles. The van der Waals surface area contributed by atoms with Crippen molar-refractivity contribution in [3.8, 4) is 0 Å². The lowest BCUT2D eigenvalue weighted by molar-refractivity contribution is 0.0771. The number of halogens is 1. The predicted molar refractivity (Wildman–Crippen MR) is 105 cm³/mol. The molecule has 2 aromatic carbocycles. The molecular weight excluding hydrogens is 385 g/mol. The maximum atomic E-state index is 14.1. The Kier molecular flexibility index (Phi) is 4.74. The van der Waals surface area contributed by atoms with Gasteiger partial charge in [-0.25, -0.2) is 12.8 Å². The second kappa shape index (κ2) is 7.05. The summed E-state index contributed by atoms with van der Waals surface area (Å²) in [5, 5.41) is 0.0800. The molecule has 1 fully saturated rings. The summed E-state index contributed by atoms with van der Waals surface area (Å²) in [4.78, 5) is 15.1. The third kappa shape index (κ3) is 3.49. The maximum absolute atomic E-state index is 14.1. The van der Waals surface area contributed by atoms with E-state index in [2.05, 4.69) is 0 Å². The van der Waals surface area contributed by atoms with Gasteiger partial charge in [0.25, 0.3) is 5.91 Å². The van der Waals surface area contributed by atoms with Crippen molar-refractivity contribution >= 4 is 37.2 Å². The first-order valence-electron chi connectivity index (χ1n) is 8.69. The van der Waals surface area contributed by atoms with E-state index in [-0.39, 0.29) is 36.7 Å². The van der Waals surface area contributed by atoms with Gasteiger partial charge in [0.05, 0.1) is 15.9 Å². The molecule has 0 N–H and O–H groups in total. The molecule has 0 spiro atoms. The molecule has 4 nitrogen and oxygen atoms in total. The largest absolute Gasteiger partial charge is 0.337 e. The number of benzene rings is 2. The van der Waals surface area contributed by atoms with Crippen molar-refractivity contribution in [2.24, 2.45) is 0 Å². The SMILES string of the molecule is O=C(c1cc2ccccc2s1)N1CCC(c2ccccc2F)S(=O)(=O)CC1. The van der Waals surface area contributed by atoms with Gasteiger partial charge in [0.15, 0.2) is 9.84 Å². The number of carbonyl (C=O) groups excluding carboxylic acids is 1. The Labute approximate surface area is 161 Å². The zero-order chi connectivity index (χ0) is 19.0. The van der Waals surface area contributed by atoms with Crippen LogP contribution in [0.5, 0.6) is 0 Å². The first-order valence-corrected chi connectivity index (χ1v) is 11.2. The second-order valence-electron chi connectivity index (χ2n) is 6.61. The number of hydrogen-bond donors (Lipinski definition) is 0. The van der Waals surface area contributed by atoms with Crippen LogP contribution in [0.25, 0.3) is 10.1 Å². The summed E-state index contributed by atoms with van der Waals surface area (Å²) in [5.41, 5.74) is 0.189. The third-order valence-corrected chi connectivity index (χ3v) is 8.13. The highest BCUT2D eigenvalue weighted by atomic mass is 32.2. The van der Waals surface area contributed by atoms with Gasteiger partial charge in [0.2, 0.25) is 0 Å². The Morgan fingerprint density at radius 1 is 1.07 bits per heavy atom. The average molecular weight is 404 g/mol. The fraction of sp³-hybridized carbons (Fsp3) is 0.250. The van der Waals surface area contributed by atoms with Crippen molar-refractivity contribution < 1.29 is 17.6 Å². The van der Waals surface area contributed by atoms with Crippen molar-refractivity contribution in [1.29, 1.82) is 0 Å². The molecule has 1 unspecified atom stereocenters. The Morgan fingerprint density at radius 3 is 2.59 bits per heavy atom. The summed E-state index contributed by atoms with van der Waals surface area (Å²) in [7, 11) is -3.54. The number of nitrogens with zero attached hydrogens (tertiary/aromatic N) is 1. The minimum absolute atomic E-state index is 0.125. The van der Waals surface area contributed by atoms with Crippen LogP contribution in [-0.4, -0.2) is 38.1 Å². The van der Waals surface area contributed by atoms with Crippen LogP contribution in [0.4, 0.5) is 4.39 Å². The highest BCUT2D eigenvalue weighted by molar-refractivity contribution is 7.91. The average Bonchev–Trinajstić information content (AvgIpc) is 3.02. The predicted octanol–water partition coefficient (Wildman–Crippen LogP) is 4.04. The van der Waals surface area contributed by atoms with E-state index in [1.165, 1.54) is 23.5 Å². The Balaban J connectivity index is 1.60. The number of hydrogen-bond acceptors (Lipinski definition) is 4. The van der Waals surface area contributed by atoms with E-state index in [0.717, 1.165) is 10.1 Å². The van der Waals surface area contributed by atoms with Crippen LogP contribution < -0.4 is 0 Å². The zero-order valence-electron chi connectivity index (χ0n) is 14.5. The van der Waals surface area contributed by atoms with Gasteiger partial charge in [-0.05, 0) is 30.0 Å². The lowest BCUT2D eigenvalue weighted by atomic mass is 10.1. The molecule has 1 aliphatic heterocycles. The number of rotatable bonds is 2. The van der Waals surface area contributed by atoms with Crippen molar-refractivity contribution in [1.82, 2.24) is 4.90 Å². The quantitative estimate of drug-likeness (QED) is 0.649. The Hall–Kier alpha value is -2.25. The molecule has 1 aliphatic rings. The smallest absolute Gasteiger partial charge is 0.263 e. The van der Waals surface area contributed by atoms with Gasteiger partial charge in [-0.15, -0.1) is 11.3 Å². The molecular formula is C20H18FNO3S2. The molecule has 4 rings (SSSR count). The first-order chi connectivity index (χ1) is 13.0. The van der Waals surface area contributed by atoms with Gasteiger partial charge < -0.3 is 4.90 Å². The highest BCUT2D eigenvalue weighted by Crippen LogP contribution is 2.32. The molecule has 1 atom stereocenters. The van der Waals surface area contributed by atoms with Gasteiger partial charge in [0.1, 0.15) is 5.82 Å². The summed E-state index contributed by atoms with van der Waals surface area (Å²) in [6.07, 6.45) is 0.194. The monoisotopic (exact) mass is 403 g/mol. The van der Waals surface area contributed by atoms with Crippen LogP contribution in [-0.2, 0) is 9.84 Å². The van der Waals surface area contributed by atoms with Crippen LogP contribution in [0.1, 0.15) is 26.9 Å². The molecule has 1 aromatic heterocycles. The number of carbonyl (C=O) groups is 1. The summed E-state index contributed by atoms with van der Waals surface area (Å²) >= 11 is 1.40. The standard InChI is InChI=1S/C20H18FNO3S2/c21-16-7-3-2-6-15(16)19-9-10-22(11-12-27(19,24)25)20(23)18-13-14-5-1-4-8-17(14)26-18/h1-8,13,19H,9-12H2. The van der Waals surface area contributed by atoms with Crippen molar-refractivity contribution in [2.45, 2.75) is 11.7 Å². The summed E-state index contributed by atoms with van der Waals surface area (Å²) in [5.74, 6) is -0.848. The van der Waals surface area contributed by atoms with E-state index in [0.29, 0.717) is 4.88 Å². The van der Waals surface area contributed by atoms with Crippen LogP contribution in [0.2, 0.25) is 0 Å². The number of amides is 1. The van der Waals surface area contributed by atoms with E-state index >= 15 is 0 Å². The molecule has 1 saturated heterocycles. The normalized spacial score (nSPS) is 19.7. The molecule has 3 aromatic rings. The van der Waals surface area contributed by atoms with Gasteiger partial charge in [-0.1, -0.05) is 36.4 Å². The van der Waals surface area contributed by atoms with Crippen molar-refractivity contribution in [2.75, 3.05) is 18.8 Å². The second-order valence-corrected chi connectivity index (χ2v) is 9.99. The molecule has 27 heavy (non-hydrogen) atoms. The summed E-state index contributed by atoms with van der Waals surface area (Å²) in [6, 6.07) is 15.6. The summed E-state index contributed by atoms with van der Waals surface area (Å²) in [6.45, 7) is 0.408. The molecule has 2 heterocycles. The number of sulfone groups is 1. The van der Waals surface area contributed by atoms with Crippen LogP contribution in [0, 0.1) is 5.82 Å². The molecule has 140 valence electrons.